The number of nitrogens with zero attached hydrogens (tertiary/aromatic N) is 1. The smallest absolute Gasteiger partial charge is 0.325 e. The van der Waals surface area contributed by atoms with Gasteiger partial charge < -0.3 is 10.2 Å². The van der Waals surface area contributed by atoms with Gasteiger partial charge in [0, 0.05) is 33.0 Å². The van der Waals surface area contributed by atoms with Crippen molar-refractivity contribution in [3.8, 4) is 0 Å². The Morgan fingerprint density at radius 2 is 0.919 bits per heavy atom. The molecule has 5 nitrogen and oxygen atoms in total. The summed E-state index contributed by atoms with van der Waals surface area (Å²) in [6.07, 6.45) is 30.3. The summed E-state index contributed by atoms with van der Waals surface area (Å²) >= 11 is 0. The minimum absolute atomic E-state index is 0.139. The summed E-state index contributed by atoms with van der Waals surface area (Å²) in [5.74, 6) is 0.00461. The molecular weight excluding hydrogens is 460 g/mol. The number of hydroxylamine groups is 2. The zero-order chi connectivity index (χ0) is 27.2. The van der Waals surface area contributed by atoms with Gasteiger partial charge in [0.15, 0.2) is 0 Å². The topological polar surface area (TPSA) is 58.6 Å². The van der Waals surface area contributed by atoms with Crippen molar-refractivity contribution in [2.75, 3.05) is 20.1 Å². The number of hydrogen-bond donors (Lipinski definition) is 1. The van der Waals surface area contributed by atoms with Crippen LogP contribution in [0.3, 0.4) is 0 Å². The second kappa shape index (κ2) is 29.5. The minimum Gasteiger partial charge on any atom is -0.368 e. The number of carbonyl (C=O) groups excluding carboxylic acids is 2. The van der Waals surface area contributed by atoms with Crippen LogP contribution in [0.15, 0.2) is 0 Å². The Bertz CT molecular complexity index is 498. The lowest BCUT2D eigenvalue weighted by Crippen LogP contribution is -2.29. The lowest BCUT2D eigenvalue weighted by atomic mass is 10.0. The van der Waals surface area contributed by atoms with Gasteiger partial charge in [-0.2, -0.15) is 0 Å². The van der Waals surface area contributed by atoms with Crippen LogP contribution in [0.5, 0.6) is 0 Å². The van der Waals surface area contributed by atoms with Crippen molar-refractivity contribution >= 4 is 11.9 Å². The molecule has 5 heteroatoms. The number of unbranched alkanes of at least 4 members (excludes halogenated alkanes) is 20. The monoisotopic (exact) mass is 524 g/mol. The largest absolute Gasteiger partial charge is 0.368 e. The summed E-state index contributed by atoms with van der Waals surface area (Å²) in [5, 5.41) is 4.60. The molecule has 0 bridgehead atoms. The Morgan fingerprint density at radius 3 is 1.35 bits per heavy atom. The van der Waals surface area contributed by atoms with Crippen molar-refractivity contribution in [1.82, 2.24) is 10.4 Å². The Labute approximate surface area is 231 Å². The number of hydrogen-bond acceptors (Lipinski definition) is 4. The van der Waals surface area contributed by atoms with E-state index in [0.717, 1.165) is 32.1 Å². The molecule has 1 amide bonds. The van der Waals surface area contributed by atoms with Crippen LogP contribution in [0.1, 0.15) is 174 Å². The first-order chi connectivity index (χ1) is 18.1. The van der Waals surface area contributed by atoms with E-state index in [-0.39, 0.29) is 11.9 Å². The molecule has 0 rings (SSSR count). The fraction of sp³-hybridized carbons (Fsp3) is 0.938. The summed E-state index contributed by atoms with van der Waals surface area (Å²) in [4.78, 5) is 29.4. The molecule has 0 unspecified atom stereocenters. The predicted molar refractivity (Wildman–Crippen MR) is 159 cm³/mol. The van der Waals surface area contributed by atoms with E-state index in [1.54, 1.807) is 12.1 Å². The standard InChI is InChI=1S/C32H64N2O3/c1-4-6-8-10-12-14-15-16-17-19-21-23-25-28-32(36)37-34(3)30-26-29-33-31(35)27-24-22-20-18-13-11-9-7-5-2/h4-30H2,1-3H3,(H,33,35). The van der Waals surface area contributed by atoms with Crippen molar-refractivity contribution in [2.24, 2.45) is 0 Å². The number of rotatable bonds is 29. The summed E-state index contributed by atoms with van der Waals surface area (Å²) in [5.41, 5.74) is 0. The van der Waals surface area contributed by atoms with Gasteiger partial charge in [-0.3, -0.25) is 9.59 Å². The van der Waals surface area contributed by atoms with Crippen molar-refractivity contribution in [2.45, 2.75) is 174 Å². The molecule has 1 N–H and O–H groups in total. The van der Waals surface area contributed by atoms with Gasteiger partial charge >= 0.3 is 5.97 Å². The van der Waals surface area contributed by atoms with Crippen LogP contribution in [-0.2, 0) is 14.4 Å². The number of nitrogens with one attached hydrogen (secondary N) is 1. The van der Waals surface area contributed by atoms with E-state index in [2.05, 4.69) is 19.2 Å². The van der Waals surface area contributed by atoms with Crippen LogP contribution in [0.25, 0.3) is 0 Å². The molecule has 0 saturated carbocycles. The fourth-order valence-corrected chi connectivity index (χ4v) is 4.77. The van der Waals surface area contributed by atoms with Crippen LogP contribution >= 0.6 is 0 Å². The average molecular weight is 525 g/mol. The highest BCUT2D eigenvalue weighted by atomic mass is 16.7. The van der Waals surface area contributed by atoms with Crippen LogP contribution in [-0.4, -0.2) is 37.1 Å². The minimum atomic E-state index is -0.139. The summed E-state index contributed by atoms with van der Waals surface area (Å²) in [6.45, 7) is 5.80. The predicted octanol–water partition coefficient (Wildman–Crippen LogP) is 9.28. The van der Waals surface area contributed by atoms with Gasteiger partial charge in [0.2, 0.25) is 5.91 Å². The second-order valence-corrected chi connectivity index (χ2v) is 11.1. The highest BCUT2D eigenvalue weighted by Crippen LogP contribution is 2.13. The molecule has 0 spiro atoms. The SMILES string of the molecule is CCCCCCCCCCCCCCCC(=O)ON(C)CCCNC(=O)CCCCCCCCCCC. The van der Waals surface area contributed by atoms with Crippen LogP contribution in [0.2, 0.25) is 0 Å². The van der Waals surface area contributed by atoms with E-state index in [4.69, 9.17) is 4.84 Å². The lowest BCUT2D eigenvalue weighted by Gasteiger charge is -2.16. The van der Waals surface area contributed by atoms with Gasteiger partial charge in [-0.25, -0.2) is 0 Å². The van der Waals surface area contributed by atoms with Crippen LogP contribution in [0.4, 0.5) is 0 Å². The van der Waals surface area contributed by atoms with E-state index in [0.29, 0.717) is 25.9 Å². The molecule has 0 aromatic heterocycles. The van der Waals surface area contributed by atoms with Gasteiger partial charge in [0.05, 0.1) is 0 Å². The molecule has 0 aromatic rings. The summed E-state index contributed by atoms with van der Waals surface area (Å²) in [7, 11) is 1.80. The maximum Gasteiger partial charge on any atom is 0.325 e. The van der Waals surface area contributed by atoms with Gasteiger partial charge in [-0.15, -0.1) is 5.06 Å². The van der Waals surface area contributed by atoms with Crippen LogP contribution < -0.4 is 5.32 Å². The van der Waals surface area contributed by atoms with Gasteiger partial charge in [-0.05, 0) is 19.3 Å². The zero-order valence-electron chi connectivity index (χ0n) is 25.3. The summed E-state index contributed by atoms with van der Waals surface area (Å²) < 4.78 is 0. The molecule has 0 saturated heterocycles. The highest BCUT2D eigenvalue weighted by molar-refractivity contribution is 5.75. The second-order valence-electron chi connectivity index (χ2n) is 11.1. The van der Waals surface area contributed by atoms with E-state index < -0.39 is 0 Å². The molecule has 0 aliphatic heterocycles. The fourth-order valence-electron chi connectivity index (χ4n) is 4.77. The molecule has 0 aliphatic rings. The molecule has 0 radical (unpaired) electrons. The highest BCUT2D eigenvalue weighted by Gasteiger charge is 2.08. The molecule has 0 heterocycles. The van der Waals surface area contributed by atoms with Crippen LogP contribution in [0, 0.1) is 0 Å². The summed E-state index contributed by atoms with van der Waals surface area (Å²) in [6, 6.07) is 0. The van der Waals surface area contributed by atoms with Crippen molar-refractivity contribution < 1.29 is 14.4 Å². The van der Waals surface area contributed by atoms with E-state index >= 15 is 0 Å². The maximum absolute atomic E-state index is 12.0. The molecule has 0 aromatic carbocycles. The third kappa shape index (κ3) is 29.3. The first-order valence-electron chi connectivity index (χ1n) is 16.3. The molecule has 0 aliphatic carbocycles. The van der Waals surface area contributed by atoms with Crippen molar-refractivity contribution in [3.05, 3.63) is 0 Å². The van der Waals surface area contributed by atoms with E-state index in [1.807, 2.05) is 0 Å². The lowest BCUT2D eigenvalue weighted by molar-refractivity contribution is -0.184. The van der Waals surface area contributed by atoms with E-state index in [9.17, 15) is 9.59 Å². The molecule has 0 atom stereocenters. The van der Waals surface area contributed by atoms with Crippen molar-refractivity contribution in [1.29, 1.82) is 0 Å². The Morgan fingerprint density at radius 1 is 0.541 bits per heavy atom. The number of amides is 1. The third-order valence-corrected chi connectivity index (χ3v) is 7.22. The molecular formula is C32H64N2O3. The zero-order valence-corrected chi connectivity index (χ0v) is 25.3. The normalized spacial score (nSPS) is 11.2. The Kier molecular flexibility index (Phi) is 28.6. The number of carbonyl (C=O) groups is 2. The first kappa shape index (κ1) is 35.9. The van der Waals surface area contributed by atoms with Gasteiger partial charge in [0.25, 0.3) is 0 Å². The average Bonchev–Trinajstić information content (AvgIpc) is 2.88. The first-order valence-corrected chi connectivity index (χ1v) is 16.3. The molecule has 37 heavy (non-hydrogen) atoms. The maximum atomic E-state index is 12.0. The quantitative estimate of drug-likeness (QED) is 0.0782. The molecule has 220 valence electrons. The Balaban J connectivity index is 3.40. The molecule has 0 fully saturated rings. The van der Waals surface area contributed by atoms with Gasteiger partial charge in [-0.1, -0.05) is 142 Å². The van der Waals surface area contributed by atoms with Crippen molar-refractivity contribution in [3.63, 3.8) is 0 Å². The third-order valence-electron chi connectivity index (χ3n) is 7.22. The van der Waals surface area contributed by atoms with E-state index in [1.165, 1.54) is 116 Å². The van der Waals surface area contributed by atoms with Gasteiger partial charge in [0.1, 0.15) is 0 Å². The Hall–Kier alpha value is -1.10.